The standard InChI is InChI=1S/C18H24O9/c1-17(24,6-5-10-3-4-11(19)14(7-10)26-2)27-15-12(20)8-18(25,16(22)23)9-13(15)21/h3-7,12-13,15,19-21,24-25H,8-9H2,1-2H3,(H,22,23)/b6-5+/t12?,13?,15-,17?,18+. The zero-order valence-electron chi connectivity index (χ0n) is 14.9. The van der Waals surface area contributed by atoms with Crippen LogP contribution in [0.15, 0.2) is 24.3 Å². The molecule has 1 aromatic rings. The van der Waals surface area contributed by atoms with Crippen LogP contribution in [0.5, 0.6) is 11.5 Å². The van der Waals surface area contributed by atoms with Crippen molar-refractivity contribution in [3.63, 3.8) is 0 Å². The summed E-state index contributed by atoms with van der Waals surface area (Å²) in [6.45, 7) is 1.28. The topological polar surface area (TPSA) is 157 Å². The van der Waals surface area contributed by atoms with Gasteiger partial charge >= 0.3 is 5.97 Å². The van der Waals surface area contributed by atoms with Gasteiger partial charge in [0.1, 0.15) is 6.10 Å². The number of aliphatic carboxylic acids is 1. The summed E-state index contributed by atoms with van der Waals surface area (Å²) >= 11 is 0. The highest BCUT2D eigenvalue weighted by Gasteiger charge is 2.50. The number of carbonyl (C=O) groups is 1. The Morgan fingerprint density at radius 1 is 1.30 bits per heavy atom. The fourth-order valence-corrected chi connectivity index (χ4v) is 2.96. The van der Waals surface area contributed by atoms with Gasteiger partial charge in [-0.05, 0) is 30.7 Å². The summed E-state index contributed by atoms with van der Waals surface area (Å²) in [6.07, 6.45) is -2.63. The number of hydrogen-bond donors (Lipinski definition) is 6. The number of carboxylic acid groups (broad SMARTS) is 1. The van der Waals surface area contributed by atoms with E-state index in [2.05, 4.69) is 0 Å². The maximum absolute atomic E-state index is 11.1. The minimum atomic E-state index is -2.26. The Morgan fingerprint density at radius 2 is 1.89 bits per heavy atom. The van der Waals surface area contributed by atoms with Crippen LogP contribution in [0.1, 0.15) is 25.3 Å². The number of phenolic OH excluding ortho intramolecular Hbond substituents is 1. The normalized spacial score (nSPS) is 30.8. The fraction of sp³-hybridized carbons (Fsp3) is 0.500. The SMILES string of the molecule is COc1cc(/C=C/C(C)(O)O[C@H]2C(O)C[C@](O)(C(=O)O)CC2O)ccc1O. The minimum Gasteiger partial charge on any atom is -0.504 e. The Kier molecular flexibility index (Phi) is 6.13. The van der Waals surface area contributed by atoms with Crippen LogP contribution in [-0.2, 0) is 9.53 Å². The molecule has 1 aliphatic rings. The van der Waals surface area contributed by atoms with Gasteiger partial charge < -0.3 is 40.1 Å². The molecule has 3 unspecified atom stereocenters. The van der Waals surface area contributed by atoms with Gasteiger partial charge in [0.2, 0.25) is 0 Å². The lowest BCUT2D eigenvalue weighted by molar-refractivity contribution is -0.254. The van der Waals surface area contributed by atoms with Crippen LogP contribution in [0, 0.1) is 0 Å². The van der Waals surface area contributed by atoms with Gasteiger partial charge in [-0.2, -0.15) is 0 Å². The predicted octanol–water partition coefficient (Wildman–Crippen LogP) is -0.161. The quantitative estimate of drug-likeness (QED) is 0.367. The monoisotopic (exact) mass is 384 g/mol. The molecular formula is C18H24O9. The number of ether oxygens (including phenoxy) is 2. The van der Waals surface area contributed by atoms with Gasteiger partial charge in [-0.1, -0.05) is 12.1 Å². The third-order valence-corrected chi connectivity index (χ3v) is 4.41. The van der Waals surface area contributed by atoms with Crippen LogP contribution in [0.25, 0.3) is 6.08 Å². The molecule has 9 heteroatoms. The molecule has 2 rings (SSSR count). The molecule has 1 fully saturated rings. The molecule has 150 valence electrons. The van der Waals surface area contributed by atoms with Crippen molar-refractivity contribution in [3.8, 4) is 11.5 Å². The summed E-state index contributed by atoms with van der Waals surface area (Å²) in [5.74, 6) is -3.26. The minimum absolute atomic E-state index is 0.0444. The first-order chi connectivity index (χ1) is 12.5. The highest BCUT2D eigenvalue weighted by atomic mass is 16.6. The Labute approximate surface area is 155 Å². The van der Waals surface area contributed by atoms with E-state index in [9.17, 15) is 30.3 Å². The van der Waals surface area contributed by atoms with Gasteiger partial charge in [-0.25, -0.2) is 4.79 Å². The highest BCUT2D eigenvalue weighted by molar-refractivity contribution is 5.77. The van der Waals surface area contributed by atoms with Crippen molar-refractivity contribution in [2.24, 2.45) is 0 Å². The van der Waals surface area contributed by atoms with Crippen LogP contribution in [-0.4, -0.2) is 73.4 Å². The second kappa shape index (κ2) is 7.83. The van der Waals surface area contributed by atoms with Crippen molar-refractivity contribution in [2.45, 2.75) is 49.5 Å². The molecule has 1 aliphatic carbocycles. The number of rotatable bonds is 6. The number of phenols is 1. The van der Waals surface area contributed by atoms with E-state index in [0.717, 1.165) is 0 Å². The molecule has 1 aromatic carbocycles. The molecule has 27 heavy (non-hydrogen) atoms. The van der Waals surface area contributed by atoms with Crippen LogP contribution < -0.4 is 4.74 Å². The predicted molar refractivity (Wildman–Crippen MR) is 93.0 cm³/mol. The summed E-state index contributed by atoms with van der Waals surface area (Å²) in [6, 6.07) is 4.51. The van der Waals surface area contributed by atoms with E-state index in [1.165, 1.54) is 38.3 Å². The number of aliphatic hydroxyl groups is 4. The molecule has 3 atom stereocenters. The lowest BCUT2D eigenvalue weighted by Crippen LogP contribution is -2.58. The Hall–Kier alpha value is -2.17. The first-order valence-corrected chi connectivity index (χ1v) is 8.26. The average Bonchev–Trinajstić information content (AvgIpc) is 2.57. The lowest BCUT2D eigenvalue weighted by atomic mass is 9.79. The maximum atomic E-state index is 11.1. The van der Waals surface area contributed by atoms with Crippen molar-refractivity contribution in [1.82, 2.24) is 0 Å². The summed E-state index contributed by atoms with van der Waals surface area (Å²) < 4.78 is 10.4. The van der Waals surface area contributed by atoms with Gasteiger partial charge in [-0.3, -0.25) is 0 Å². The smallest absolute Gasteiger partial charge is 0.335 e. The number of carboxylic acids is 1. The fourth-order valence-electron chi connectivity index (χ4n) is 2.96. The van der Waals surface area contributed by atoms with Crippen molar-refractivity contribution in [2.75, 3.05) is 7.11 Å². The molecule has 0 heterocycles. The maximum Gasteiger partial charge on any atom is 0.335 e. The summed E-state index contributed by atoms with van der Waals surface area (Å²) in [5.41, 5.74) is -1.68. The zero-order chi connectivity index (χ0) is 20.4. The summed E-state index contributed by atoms with van der Waals surface area (Å²) in [7, 11) is 1.39. The van der Waals surface area contributed by atoms with E-state index >= 15 is 0 Å². The van der Waals surface area contributed by atoms with E-state index in [1.807, 2.05) is 0 Å². The van der Waals surface area contributed by atoms with Gasteiger partial charge in [-0.15, -0.1) is 0 Å². The Bertz CT molecular complexity index is 701. The molecule has 1 saturated carbocycles. The van der Waals surface area contributed by atoms with Gasteiger partial charge in [0.25, 0.3) is 0 Å². The summed E-state index contributed by atoms with van der Waals surface area (Å²) in [5, 5.41) is 59.1. The molecule has 6 N–H and O–H groups in total. The third-order valence-electron chi connectivity index (χ3n) is 4.41. The molecule has 0 aliphatic heterocycles. The van der Waals surface area contributed by atoms with E-state index in [0.29, 0.717) is 5.56 Å². The lowest BCUT2D eigenvalue weighted by Gasteiger charge is -2.41. The highest BCUT2D eigenvalue weighted by Crippen LogP contribution is 2.33. The van der Waals surface area contributed by atoms with Gasteiger partial charge in [0.15, 0.2) is 22.9 Å². The molecule has 0 saturated heterocycles. The van der Waals surface area contributed by atoms with Crippen LogP contribution in [0.3, 0.4) is 0 Å². The Balaban J connectivity index is 2.10. The second-order valence-electron chi connectivity index (χ2n) is 6.78. The van der Waals surface area contributed by atoms with Crippen LogP contribution in [0.4, 0.5) is 0 Å². The first-order valence-electron chi connectivity index (χ1n) is 8.26. The first kappa shape index (κ1) is 21.1. The Morgan fingerprint density at radius 3 is 2.41 bits per heavy atom. The summed E-state index contributed by atoms with van der Waals surface area (Å²) in [4.78, 5) is 11.1. The third kappa shape index (κ3) is 4.96. The number of aliphatic hydroxyl groups excluding tert-OH is 2. The molecule has 0 aromatic heterocycles. The van der Waals surface area contributed by atoms with Crippen LogP contribution in [0.2, 0.25) is 0 Å². The molecular weight excluding hydrogens is 360 g/mol. The van der Waals surface area contributed by atoms with Crippen molar-refractivity contribution >= 4 is 12.0 Å². The number of aromatic hydroxyl groups is 1. The van der Waals surface area contributed by atoms with E-state index < -0.39 is 48.5 Å². The average molecular weight is 384 g/mol. The number of hydrogen-bond acceptors (Lipinski definition) is 8. The molecule has 0 bridgehead atoms. The van der Waals surface area contributed by atoms with Gasteiger partial charge in [0, 0.05) is 12.8 Å². The number of methoxy groups -OCH3 is 1. The number of benzene rings is 1. The second-order valence-corrected chi connectivity index (χ2v) is 6.78. The van der Waals surface area contributed by atoms with E-state index in [-0.39, 0.29) is 11.5 Å². The zero-order valence-corrected chi connectivity index (χ0v) is 14.9. The largest absolute Gasteiger partial charge is 0.504 e. The molecule has 9 nitrogen and oxygen atoms in total. The molecule has 0 amide bonds. The molecule has 0 spiro atoms. The van der Waals surface area contributed by atoms with Gasteiger partial charge in [0.05, 0.1) is 19.3 Å². The van der Waals surface area contributed by atoms with Crippen LogP contribution >= 0.6 is 0 Å². The van der Waals surface area contributed by atoms with E-state index in [4.69, 9.17) is 14.6 Å². The van der Waals surface area contributed by atoms with Crippen molar-refractivity contribution < 1.29 is 44.9 Å². The van der Waals surface area contributed by atoms with E-state index in [1.54, 1.807) is 6.07 Å². The van der Waals surface area contributed by atoms with Crippen molar-refractivity contribution in [1.29, 1.82) is 0 Å². The molecule has 0 radical (unpaired) electrons. The van der Waals surface area contributed by atoms with Crippen molar-refractivity contribution in [3.05, 3.63) is 29.8 Å².